The Morgan fingerprint density at radius 3 is 1.52 bits per heavy atom. The summed E-state index contributed by atoms with van der Waals surface area (Å²) in [7, 11) is 0. The monoisotopic (exact) mass is 735 g/mol. The number of pyridine rings is 1. The quantitative estimate of drug-likeness (QED) is 0.171. The Kier molecular flexibility index (Phi) is 17.3. The molecule has 1 aromatic heterocycles. The van der Waals surface area contributed by atoms with Gasteiger partial charge in [-0.25, -0.2) is 4.98 Å². The van der Waals surface area contributed by atoms with Crippen molar-refractivity contribution in [2.75, 3.05) is 0 Å². The minimum Gasteiger partial charge on any atom is -1.00 e. The second kappa shape index (κ2) is 18.1. The van der Waals surface area contributed by atoms with Gasteiger partial charge in [-0.2, -0.15) is 0 Å². The second-order valence-corrected chi connectivity index (χ2v) is 11.8. The summed E-state index contributed by atoms with van der Waals surface area (Å²) in [6.07, 6.45) is 2.82. The molecular weight excluding hydrogens is 690 g/mol. The Morgan fingerprint density at radius 2 is 1.10 bits per heavy atom. The third-order valence-electron chi connectivity index (χ3n) is 7.29. The van der Waals surface area contributed by atoms with Crippen LogP contribution >= 0.6 is 0 Å². The van der Waals surface area contributed by atoms with Crippen LogP contribution in [0.3, 0.4) is 0 Å². The van der Waals surface area contributed by atoms with Crippen molar-refractivity contribution in [3.8, 4) is 0 Å². The molecule has 6 heteroatoms. The maximum Gasteiger partial charge on any atom is 2.00 e. The number of rotatable bonds is 10. The van der Waals surface area contributed by atoms with Crippen LogP contribution in [-0.4, -0.2) is 16.4 Å². The minimum atomic E-state index is 0. The van der Waals surface area contributed by atoms with E-state index in [2.05, 4.69) is 118 Å². The van der Waals surface area contributed by atoms with Gasteiger partial charge in [0.1, 0.15) is 0 Å². The second-order valence-electron chi connectivity index (χ2n) is 11.8. The van der Waals surface area contributed by atoms with E-state index >= 15 is 0 Å². The van der Waals surface area contributed by atoms with Crippen LogP contribution in [0.2, 0.25) is 0 Å². The van der Waals surface area contributed by atoms with Gasteiger partial charge in [0.2, 0.25) is 0 Å². The average Bonchev–Trinajstić information content (AvgIpc) is 2.88. The predicted octanol–water partition coefficient (Wildman–Crippen LogP) is 4.59. The largest absolute Gasteiger partial charge is 2.00 e. The summed E-state index contributed by atoms with van der Waals surface area (Å²) < 4.78 is 0. The molecule has 0 unspecified atom stereocenters. The molecule has 3 rings (SSSR count). The van der Waals surface area contributed by atoms with Crippen molar-refractivity contribution in [1.82, 2.24) is 4.98 Å². The number of benzene rings is 2. The molecule has 0 aliphatic heterocycles. The van der Waals surface area contributed by atoms with Gasteiger partial charge in [-0.05, 0) is 83.9 Å². The first kappa shape index (κ1) is 40.1. The Morgan fingerprint density at radius 1 is 0.667 bits per heavy atom. The first-order chi connectivity index (χ1) is 18.5. The average molecular weight is 737 g/mol. The van der Waals surface area contributed by atoms with Crippen molar-refractivity contribution in [2.45, 2.75) is 99.3 Å². The van der Waals surface area contributed by atoms with Crippen molar-refractivity contribution in [1.29, 1.82) is 0 Å². The summed E-state index contributed by atoms with van der Waals surface area (Å²) in [6, 6.07) is 17.2. The van der Waals surface area contributed by atoms with Gasteiger partial charge in [-0.3, -0.25) is 9.98 Å². The smallest absolute Gasteiger partial charge is 1.00 e. The number of allylic oxidation sites excluding steroid dienone is 1. The molecule has 0 saturated heterocycles. The fourth-order valence-electron chi connectivity index (χ4n) is 5.16. The van der Waals surface area contributed by atoms with Gasteiger partial charge in [0, 0.05) is 0 Å². The third kappa shape index (κ3) is 9.58. The van der Waals surface area contributed by atoms with E-state index in [1.165, 1.54) is 27.8 Å². The SMILES string of the molecule is C=CCc1ccc(C(C)C)c(N=C(C)c2cccc(C(C)=Nc3c(C(C)C)cccc3C(C)C)n2)c1C(C)C.[Br-].[Br-].[Fe+2]. The number of nitrogens with zero attached hydrogens (tertiary/aromatic N) is 3. The molecule has 228 valence electrons. The van der Waals surface area contributed by atoms with Gasteiger partial charge in [0.15, 0.2) is 0 Å². The van der Waals surface area contributed by atoms with Crippen LogP contribution in [0.15, 0.2) is 71.2 Å². The zero-order chi connectivity index (χ0) is 28.9. The van der Waals surface area contributed by atoms with E-state index in [0.717, 1.165) is 40.6 Å². The van der Waals surface area contributed by atoms with Gasteiger partial charge >= 0.3 is 17.1 Å². The Labute approximate surface area is 286 Å². The zero-order valence-electron chi connectivity index (χ0n) is 26.9. The topological polar surface area (TPSA) is 37.6 Å². The van der Waals surface area contributed by atoms with E-state index in [9.17, 15) is 0 Å². The number of halogens is 2. The number of hydrogen-bond donors (Lipinski definition) is 0. The molecule has 0 bridgehead atoms. The summed E-state index contributed by atoms with van der Waals surface area (Å²) in [6.45, 7) is 26.0. The van der Waals surface area contributed by atoms with E-state index in [4.69, 9.17) is 15.0 Å². The van der Waals surface area contributed by atoms with Gasteiger partial charge in [-0.15, -0.1) is 6.58 Å². The van der Waals surface area contributed by atoms with Crippen LogP contribution in [0, 0.1) is 0 Å². The number of aliphatic imine (C=N–C) groups is 2. The van der Waals surface area contributed by atoms with Crippen molar-refractivity contribution >= 4 is 22.8 Å². The molecule has 0 fully saturated rings. The van der Waals surface area contributed by atoms with Crippen LogP contribution in [0.4, 0.5) is 11.4 Å². The third-order valence-corrected chi connectivity index (χ3v) is 7.29. The summed E-state index contributed by atoms with van der Waals surface area (Å²) >= 11 is 0. The molecule has 0 radical (unpaired) electrons. The summed E-state index contributed by atoms with van der Waals surface area (Å²) in [5.41, 5.74) is 12.2. The molecule has 0 saturated carbocycles. The predicted molar refractivity (Wildman–Crippen MR) is 171 cm³/mol. The standard InChI is InChI=1S/C36H47N3.2BrH.Fe/c1-12-15-28-20-21-31(24(6)7)36(34(28)25(8)9)38-27(11)33-19-14-18-32(39-33)26(10)37-35-29(22(2)3)16-13-17-30(35)23(4)5;;;/h12-14,16-25H,1,15H2,2-11H3;2*1H;/q;;;+2/p-2. The van der Waals surface area contributed by atoms with E-state index in [1.54, 1.807) is 0 Å². The molecule has 2 aromatic carbocycles. The number of hydrogen-bond acceptors (Lipinski definition) is 3. The van der Waals surface area contributed by atoms with E-state index in [0.29, 0.717) is 23.7 Å². The molecule has 0 amide bonds. The van der Waals surface area contributed by atoms with E-state index < -0.39 is 0 Å². The van der Waals surface area contributed by atoms with Crippen molar-refractivity contribution in [2.24, 2.45) is 9.98 Å². The van der Waals surface area contributed by atoms with Crippen LogP contribution in [0.25, 0.3) is 0 Å². The van der Waals surface area contributed by atoms with Crippen LogP contribution in [-0.2, 0) is 23.5 Å². The fraction of sp³-hybridized carbons (Fsp3) is 0.417. The molecule has 0 spiro atoms. The maximum absolute atomic E-state index is 5.25. The van der Waals surface area contributed by atoms with Crippen LogP contribution < -0.4 is 34.0 Å². The molecule has 0 N–H and O–H groups in total. The Balaban J connectivity index is 0.00000560. The summed E-state index contributed by atoms with van der Waals surface area (Å²) in [5.74, 6) is 1.52. The van der Waals surface area contributed by atoms with Crippen molar-refractivity contribution in [3.63, 3.8) is 0 Å². The van der Waals surface area contributed by atoms with Crippen molar-refractivity contribution < 1.29 is 51.0 Å². The summed E-state index contributed by atoms with van der Waals surface area (Å²) in [5, 5.41) is 0. The molecule has 1 heterocycles. The molecule has 3 nitrogen and oxygen atoms in total. The molecule has 3 aromatic rings. The van der Waals surface area contributed by atoms with Gasteiger partial charge in [0.05, 0.1) is 34.2 Å². The number of aromatic nitrogens is 1. The molecular formula is C36H47Br2FeN3. The van der Waals surface area contributed by atoms with E-state index in [-0.39, 0.29) is 51.0 Å². The van der Waals surface area contributed by atoms with Gasteiger partial charge < -0.3 is 34.0 Å². The first-order valence-corrected chi connectivity index (χ1v) is 14.4. The maximum atomic E-state index is 5.25. The Bertz CT molecular complexity index is 1360. The molecule has 0 aliphatic carbocycles. The Hall–Kier alpha value is -1.85. The van der Waals surface area contributed by atoms with E-state index in [1.807, 2.05) is 12.1 Å². The van der Waals surface area contributed by atoms with Crippen molar-refractivity contribution in [3.05, 3.63) is 100 Å². The van der Waals surface area contributed by atoms with Crippen LogP contribution in [0.5, 0.6) is 0 Å². The molecule has 42 heavy (non-hydrogen) atoms. The minimum absolute atomic E-state index is 0. The zero-order valence-corrected chi connectivity index (χ0v) is 31.1. The van der Waals surface area contributed by atoms with Gasteiger partial charge in [-0.1, -0.05) is 97.9 Å². The van der Waals surface area contributed by atoms with Gasteiger partial charge in [0.25, 0.3) is 0 Å². The summed E-state index contributed by atoms with van der Waals surface area (Å²) in [4.78, 5) is 15.5. The van der Waals surface area contributed by atoms with Crippen LogP contribution in [0.1, 0.15) is 132 Å². The normalized spacial score (nSPS) is 11.9. The molecule has 0 aliphatic rings. The number of para-hydroxylation sites is 1. The fourth-order valence-corrected chi connectivity index (χ4v) is 5.16. The first-order valence-electron chi connectivity index (χ1n) is 14.4. The molecule has 0 atom stereocenters.